The van der Waals surface area contributed by atoms with Gasteiger partial charge in [0.1, 0.15) is 0 Å². The number of thiophene rings is 1. The number of thiazole rings is 1. The molecule has 0 saturated carbocycles. The zero-order valence-electron chi connectivity index (χ0n) is 14.7. The number of nitrogens with zero attached hydrogens (tertiary/aromatic N) is 3. The van der Waals surface area contributed by atoms with Crippen molar-refractivity contribution < 1.29 is 14.5 Å². The van der Waals surface area contributed by atoms with E-state index in [-0.39, 0.29) is 5.00 Å². The van der Waals surface area contributed by atoms with Crippen molar-refractivity contribution in [1.29, 1.82) is 0 Å². The van der Waals surface area contributed by atoms with Crippen LogP contribution in [0.25, 0.3) is 16.3 Å². The van der Waals surface area contributed by atoms with Gasteiger partial charge in [0, 0.05) is 30.7 Å². The molecule has 0 unspecified atom stereocenters. The molecule has 9 heteroatoms. The summed E-state index contributed by atoms with van der Waals surface area (Å²) in [7, 11) is 1.63. The number of benzene rings is 1. The number of amides is 1. The Labute approximate surface area is 163 Å². The zero-order chi connectivity index (χ0) is 19.4. The fourth-order valence-electron chi connectivity index (χ4n) is 2.60. The highest BCUT2D eigenvalue weighted by molar-refractivity contribution is 7.16. The molecule has 3 rings (SSSR count). The summed E-state index contributed by atoms with van der Waals surface area (Å²) in [5, 5.41) is 10.8. The van der Waals surface area contributed by atoms with Crippen molar-refractivity contribution in [1.82, 2.24) is 4.57 Å². The molecule has 2 heterocycles. The van der Waals surface area contributed by atoms with Gasteiger partial charge in [-0.25, -0.2) is 0 Å². The Morgan fingerprint density at radius 3 is 2.85 bits per heavy atom. The molecule has 0 bridgehead atoms. The van der Waals surface area contributed by atoms with Crippen LogP contribution >= 0.6 is 22.7 Å². The van der Waals surface area contributed by atoms with Crippen LogP contribution in [-0.4, -0.2) is 29.1 Å². The minimum Gasteiger partial charge on any atom is -0.383 e. The zero-order valence-corrected chi connectivity index (χ0v) is 16.4. The van der Waals surface area contributed by atoms with Gasteiger partial charge in [0.05, 0.1) is 21.7 Å². The quantitative estimate of drug-likeness (QED) is 0.356. The molecule has 0 saturated heterocycles. The molecular formula is C18H17N3O4S2. The summed E-state index contributed by atoms with van der Waals surface area (Å²) >= 11 is 2.46. The van der Waals surface area contributed by atoms with Crippen LogP contribution in [0.2, 0.25) is 0 Å². The molecule has 3 aromatic rings. The highest BCUT2D eigenvalue weighted by atomic mass is 32.1. The lowest BCUT2D eigenvalue weighted by Crippen LogP contribution is -2.19. The predicted molar refractivity (Wildman–Crippen MR) is 107 cm³/mol. The van der Waals surface area contributed by atoms with E-state index in [1.54, 1.807) is 19.3 Å². The SMILES string of the molecule is COCCn1c(=NC(=O)C=Cc2ccc([N+](=O)[O-])s2)sc2cccc(C)c21. The molecule has 140 valence electrons. The van der Waals surface area contributed by atoms with Gasteiger partial charge in [-0.1, -0.05) is 34.8 Å². The van der Waals surface area contributed by atoms with Gasteiger partial charge in [-0.15, -0.1) is 0 Å². The second-order valence-corrected chi connectivity index (χ2v) is 7.77. The van der Waals surface area contributed by atoms with Crippen molar-refractivity contribution >= 4 is 49.9 Å². The summed E-state index contributed by atoms with van der Waals surface area (Å²) in [5.74, 6) is -0.415. The van der Waals surface area contributed by atoms with Crippen LogP contribution < -0.4 is 4.80 Å². The van der Waals surface area contributed by atoms with E-state index in [9.17, 15) is 14.9 Å². The number of ether oxygens (including phenoxy) is 1. The van der Waals surface area contributed by atoms with Gasteiger partial charge in [0.15, 0.2) is 4.80 Å². The van der Waals surface area contributed by atoms with Crippen molar-refractivity contribution in [2.45, 2.75) is 13.5 Å². The molecule has 0 atom stereocenters. The van der Waals surface area contributed by atoms with E-state index in [0.717, 1.165) is 27.1 Å². The second kappa shape index (κ2) is 8.38. The van der Waals surface area contributed by atoms with Gasteiger partial charge in [-0.05, 0) is 30.7 Å². The van der Waals surface area contributed by atoms with E-state index in [1.165, 1.54) is 23.5 Å². The number of aromatic nitrogens is 1. The summed E-state index contributed by atoms with van der Waals surface area (Å²) in [5.41, 5.74) is 2.15. The summed E-state index contributed by atoms with van der Waals surface area (Å²) < 4.78 is 8.22. The number of methoxy groups -OCH3 is 1. The topological polar surface area (TPSA) is 86.7 Å². The van der Waals surface area contributed by atoms with E-state index in [4.69, 9.17) is 4.74 Å². The first-order valence-corrected chi connectivity index (χ1v) is 9.72. The third-order valence-electron chi connectivity index (χ3n) is 3.81. The number of carbonyl (C=O) groups is 1. The van der Waals surface area contributed by atoms with Gasteiger partial charge < -0.3 is 9.30 Å². The lowest BCUT2D eigenvalue weighted by Gasteiger charge is -2.06. The Balaban J connectivity index is 1.93. The lowest BCUT2D eigenvalue weighted by molar-refractivity contribution is -0.380. The summed E-state index contributed by atoms with van der Waals surface area (Å²) in [4.78, 5) is 28.0. The van der Waals surface area contributed by atoms with Crippen LogP contribution in [0.3, 0.4) is 0 Å². The molecular weight excluding hydrogens is 386 g/mol. The first kappa shape index (κ1) is 19.2. The molecule has 0 aliphatic heterocycles. The van der Waals surface area contributed by atoms with Crippen molar-refractivity contribution in [2.75, 3.05) is 13.7 Å². The average Bonchev–Trinajstić information content (AvgIpc) is 3.23. The van der Waals surface area contributed by atoms with Crippen LogP contribution in [0.15, 0.2) is 41.4 Å². The van der Waals surface area contributed by atoms with Gasteiger partial charge in [0.2, 0.25) is 0 Å². The maximum absolute atomic E-state index is 12.3. The Bertz CT molecular complexity index is 1090. The third kappa shape index (κ3) is 4.38. The number of hydrogen-bond acceptors (Lipinski definition) is 6. The van der Waals surface area contributed by atoms with Crippen LogP contribution in [0.4, 0.5) is 5.00 Å². The van der Waals surface area contributed by atoms with Gasteiger partial charge in [-0.2, -0.15) is 4.99 Å². The third-order valence-corrected chi connectivity index (χ3v) is 5.86. The van der Waals surface area contributed by atoms with Gasteiger partial charge in [0.25, 0.3) is 5.91 Å². The molecule has 0 spiro atoms. The Hall–Kier alpha value is -2.62. The minimum absolute atomic E-state index is 0.0384. The summed E-state index contributed by atoms with van der Waals surface area (Å²) in [6.45, 7) is 3.12. The number of aryl methyl sites for hydroxylation is 1. The average molecular weight is 403 g/mol. The smallest absolute Gasteiger partial charge is 0.324 e. The molecule has 1 amide bonds. The van der Waals surface area contributed by atoms with Crippen molar-refractivity contribution in [2.24, 2.45) is 4.99 Å². The number of carbonyl (C=O) groups excluding carboxylic acids is 1. The van der Waals surface area contributed by atoms with Crippen molar-refractivity contribution in [3.05, 3.63) is 61.8 Å². The van der Waals surface area contributed by atoms with Crippen LogP contribution in [0, 0.1) is 17.0 Å². The summed E-state index contributed by atoms with van der Waals surface area (Å²) in [6.07, 6.45) is 2.87. The van der Waals surface area contributed by atoms with Crippen LogP contribution in [0.1, 0.15) is 10.4 Å². The maximum atomic E-state index is 12.3. The Morgan fingerprint density at radius 2 is 2.15 bits per heavy atom. The number of rotatable bonds is 6. The first-order valence-electron chi connectivity index (χ1n) is 8.08. The van der Waals surface area contributed by atoms with E-state index in [0.29, 0.717) is 22.8 Å². The number of fused-ring (bicyclic) bond motifs is 1. The fourth-order valence-corrected chi connectivity index (χ4v) is 4.46. The molecule has 0 fully saturated rings. The lowest BCUT2D eigenvalue weighted by atomic mass is 10.2. The van der Waals surface area contributed by atoms with Crippen molar-refractivity contribution in [3.63, 3.8) is 0 Å². The number of nitro groups is 1. The maximum Gasteiger partial charge on any atom is 0.324 e. The number of para-hydroxylation sites is 1. The van der Waals surface area contributed by atoms with Gasteiger partial charge in [-0.3, -0.25) is 14.9 Å². The molecule has 27 heavy (non-hydrogen) atoms. The molecule has 0 radical (unpaired) electrons. The fraction of sp³-hybridized carbons (Fsp3) is 0.222. The minimum atomic E-state index is -0.452. The molecule has 0 aliphatic carbocycles. The predicted octanol–water partition coefficient (Wildman–Crippen LogP) is 3.77. The van der Waals surface area contributed by atoms with Crippen LogP contribution in [-0.2, 0) is 16.1 Å². The normalized spacial score (nSPS) is 12.3. The molecule has 0 aliphatic rings. The largest absolute Gasteiger partial charge is 0.383 e. The molecule has 0 N–H and O–H groups in total. The highest BCUT2D eigenvalue weighted by Crippen LogP contribution is 2.25. The highest BCUT2D eigenvalue weighted by Gasteiger charge is 2.10. The van der Waals surface area contributed by atoms with Crippen LogP contribution in [0.5, 0.6) is 0 Å². The van der Waals surface area contributed by atoms with E-state index >= 15 is 0 Å². The number of hydrogen-bond donors (Lipinski definition) is 0. The standard InChI is InChI=1S/C18H17N3O4S2/c1-12-4-3-5-14-17(12)20(10-11-25-2)18(27-14)19-15(22)8-6-13-7-9-16(26-13)21(23)24/h3-9H,10-11H2,1-2H3. The molecule has 7 nitrogen and oxygen atoms in total. The van der Waals surface area contributed by atoms with Gasteiger partial charge >= 0.3 is 5.00 Å². The Kier molecular flexibility index (Phi) is 5.94. The van der Waals surface area contributed by atoms with E-state index < -0.39 is 10.8 Å². The first-order chi connectivity index (χ1) is 13.0. The van der Waals surface area contributed by atoms with E-state index in [1.807, 2.05) is 29.7 Å². The Morgan fingerprint density at radius 1 is 1.33 bits per heavy atom. The summed E-state index contributed by atoms with van der Waals surface area (Å²) in [6, 6.07) is 9.02. The molecule has 1 aromatic carbocycles. The monoisotopic (exact) mass is 403 g/mol. The second-order valence-electron chi connectivity index (χ2n) is 5.67. The van der Waals surface area contributed by atoms with E-state index in [2.05, 4.69) is 4.99 Å². The molecule has 2 aromatic heterocycles. The van der Waals surface area contributed by atoms with Crippen molar-refractivity contribution in [3.8, 4) is 0 Å².